The zero-order valence-corrected chi connectivity index (χ0v) is 20.0. The van der Waals surface area contributed by atoms with Crippen molar-refractivity contribution in [2.24, 2.45) is 0 Å². The molecule has 0 radical (unpaired) electrons. The SMILES string of the molecule is N#CC(C#N)=c1cc(Br)/c(=c2/o/c(=c3\oc(=C(C#N)C#N)cc3Br)c(Br)c2Br)o1. The van der Waals surface area contributed by atoms with Crippen LogP contribution in [0.1, 0.15) is 0 Å². The molecule has 11 heteroatoms. The molecule has 140 valence electrons. The molecule has 0 aliphatic rings. The molecule has 0 aliphatic heterocycles. The molecule has 0 bridgehead atoms. The van der Waals surface area contributed by atoms with Crippen molar-refractivity contribution >= 4 is 74.9 Å². The van der Waals surface area contributed by atoms with Crippen LogP contribution < -0.4 is 10.8 Å². The Labute approximate surface area is 194 Å². The van der Waals surface area contributed by atoms with Gasteiger partial charge in [-0.15, -0.1) is 0 Å². The van der Waals surface area contributed by atoms with E-state index < -0.39 is 0 Å². The molecule has 0 N–H and O–H groups in total. The number of hydrogen-bond acceptors (Lipinski definition) is 7. The van der Waals surface area contributed by atoms with Crippen molar-refractivity contribution in [3.05, 3.63) is 62.5 Å². The van der Waals surface area contributed by atoms with Crippen molar-refractivity contribution in [2.75, 3.05) is 0 Å². The topological polar surface area (TPSA) is 135 Å². The largest absolute Gasteiger partial charge is 0.450 e. The first-order chi connectivity index (χ1) is 13.9. The summed E-state index contributed by atoms with van der Waals surface area (Å²) >= 11 is 13.5. The van der Waals surface area contributed by atoms with Gasteiger partial charge in [0.2, 0.25) is 0 Å². The summed E-state index contributed by atoms with van der Waals surface area (Å²) in [5.41, 5.74) is 0.798. The van der Waals surface area contributed by atoms with Gasteiger partial charge in [0.1, 0.15) is 24.3 Å². The van der Waals surface area contributed by atoms with Gasteiger partial charge in [-0.2, -0.15) is 21.0 Å². The Morgan fingerprint density at radius 2 is 0.931 bits per heavy atom. The Kier molecular flexibility index (Phi) is 6.17. The van der Waals surface area contributed by atoms with Crippen LogP contribution in [-0.2, 0) is 0 Å². The Hall–Kier alpha value is -2.54. The minimum atomic E-state index is -0.187. The van der Waals surface area contributed by atoms with E-state index in [9.17, 15) is 0 Å². The van der Waals surface area contributed by atoms with Gasteiger partial charge < -0.3 is 13.3 Å². The summed E-state index contributed by atoms with van der Waals surface area (Å²) in [6, 6.07) is 10.0. The summed E-state index contributed by atoms with van der Waals surface area (Å²) < 4.78 is 19.1. The third kappa shape index (κ3) is 3.71. The van der Waals surface area contributed by atoms with Crippen LogP contribution in [-0.4, -0.2) is 0 Å². The van der Waals surface area contributed by atoms with Crippen LogP contribution in [0.3, 0.4) is 0 Å². The smallest absolute Gasteiger partial charge is 0.186 e. The van der Waals surface area contributed by atoms with Crippen molar-refractivity contribution < 1.29 is 13.3 Å². The number of nitrogens with zero attached hydrogens (tertiary/aromatic N) is 4. The Morgan fingerprint density at radius 3 is 1.24 bits per heavy atom. The van der Waals surface area contributed by atoms with Crippen LogP contribution in [0.25, 0.3) is 11.1 Å². The highest BCUT2D eigenvalue weighted by Gasteiger charge is 2.15. The van der Waals surface area contributed by atoms with E-state index >= 15 is 0 Å². The zero-order valence-electron chi connectivity index (χ0n) is 13.7. The molecule has 29 heavy (non-hydrogen) atoms. The molecule has 0 saturated heterocycles. The van der Waals surface area contributed by atoms with Gasteiger partial charge in [-0.05, 0) is 63.7 Å². The molecule has 0 atom stereocenters. The van der Waals surface area contributed by atoms with E-state index in [-0.39, 0.29) is 43.6 Å². The normalized spacial score (nSPS) is 12.4. The number of hydrogen-bond donors (Lipinski definition) is 0. The highest BCUT2D eigenvalue weighted by atomic mass is 79.9. The quantitative estimate of drug-likeness (QED) is 0.353. The average molecular weight is 642 g/mol. The molecule has 3 heterocycles. The van der Waals surface area contributed by atoms with Gasteiger partial charge in [0.15, 0.2) is 43.6 Å². The summed E-state index contributed by atoms with van der Waals surface area (Å²) in [7, 11) is 0. The predicted octanol–water partition coefficient (Wildman–Crippen LogP) is 4.49. The van der Waals surface area contributed by atoms with Crippen LogP contribution in [0.4, 0.5) is 0 Å². The van der Waals surface area contributed by atoms with Crippen LogP contribution in [0, 0.1) is 67.0 Å². The highest BCUT2D eigenvalue weighted by Crippen LogP contribution is 2.30. The lowest BCUT2D eigenvalue weighted by molar-refractivity contribution is 0.425. The fourth-order valence-corrected chi connectivity index (χ4v) is 4.07. The van der Waals surface area contributed by atoms with Crippen LogP contribution in [0.15, 0.2) is 43.3 Å². The Bertz CT molecular complexity index is 1500. The molecular weight excluding hydrogens is 640 g/mol. The molecule has 3 rings (SSSR count). The molecular formula is C18H2Br4N4O3. The van der Waals surface area contributed by atoms with Crippen molar-refractivity contribution in [1.29, 1.82) is 21.0 Å². The van der Waals surface area contributed by atoms with E-state index in [2.05, 4.69) is 63.7 Å². The standard InChI is InChI=1S/C18H2Br4N4O3/c19-9-1-11(7(3-23)4-24)27-15(9)17-13(21)14(22)18(29-17)16-10(20)2-12(28-16)8(5-25)6-26/h1-2H/b17-15-,18-16-. The van der Waals surface area contributed by atoms with Gasteiger partial charge in [-0.25, -0.2) is 0 Å². The molecule has 7 nitrogen and oxygen atoms in total. The van der Waals surface area contributed by atoms with E-state index in [0.717, 1.165) is 0 Å². The van der Waals surface area contributed by atoms with Crippen LogP contribution in [0.5, 0.6) is 0 Å². The predicted molar refractivity (Wildman–Crippen MR) is 111 cm³/mol. The Balaban J connectivity index is 2.59. The molecule has 3 aromatic heterocycles. The second-order valence-electron chi connectivity index (χ2n) is 5.16. The second-order valence-corrected chi connectivity index (χ2v) is 8.46. The van der Waals surface area contributed by atoms with Crippen molar-refractivity contribution in [3.8, 4) is 24.3 Å². The van der Waals surface area contributed by atoms with E-state index in [4.69, 9.17) is 34.3 Å². The minimum absolute atomic E-state index is 0.0848. The van der Waals surface area contributed by atoms with Crippen LogP contribution in [0.2, 0.25) is 0 Å². The first kappa shape index (κ1) is 21.2. The average Bonchev–Trinajstić information content (AvgIpc) is 3.35. The van der Waals surface area contributed by atoms with Gasteiger partial charge in [0.05, 0.1) is 17.9 Å². The first-order valence-electron chi connectivity index (χ1n) is 7.28. The lowest BCUT2D eigenvalue weighted by Crippen LogP contribution is -1.97. The second kappa shape index (κ2) is 8.45. The first-order valence-corrected chi connectivity index (χ1v) is 10.5. The summed E-state index contributed by atoms with van der Waals surface area (Å²) in [4.78, 5) is 0. The highest BCUT2D eigenvalue weighted by molar-refractivity contribution is 9.13. The van der Waals surface area contributed by atoms with Gasteiger partial charge in [-0.3, -0.25) is 0 Å². The zero-order chi connectivity index (χ0) is 21.3. The van der Waals surface area contributed by atoms with E-state index in [1.54, 1.807) is 24.3 Å². The van der Waals surface area contributed by atoms with Gasteiger partial charge in [0, 0.05) is 12.1 Å². The molecule has 3 aromatic rings. The molecule has 0 aromatic carbocycles. The molecule has 0 fully saturated rings. The molecule has 0 unspecified atom stereocenters. The number of rotatable bonds is 0. The van der Waals surface area contributed by atoms with Crippen molar-refractivity contribution in [2.45, 2.75) is 0 Å². The van der Waals surface area contributed by atoms with E-state index in [1.807, 2.05) is 0 Å². The third-order valence-electron chi connectivity index (χ3n) is 3.52. The fraction of sp³-hybridized carbons (Fsp3) is 0. The molecule has 0 saturated carbocycles. The fourth-order valence-electron chi connectivity index (χ4n) is 2.25. The summed E-state index contributed by atoms with van der Waals surface area (Å²) in [6.07, 6.45) is 0. The van der Waals surface area contributed by atoms with Gasteiger partial charge in [0.25, 0.3) is 0 Å². The van der Waals surface area contributed by atoms with Gasteiger partial charge in [-0.1, -0.05) is 0 Å². The Morgan fingerprint density at radius 1 is 0.586 bits per heavy atom. The summed E-state index contributed by atoms with van der Waals surface area (Å²) in [6.45, 7) is 0. The lowest BCUT2D eigenvalue weighted by Gasteiger charge is -1.81. The number of nitriles is 4. The number of halogens is 4. The lowest BCUT2D eigenvalue weighted by atomic mass is 10.3. The minimum Gasteiger partial charge on any atom is -0.450 e. The van der Waals surface area contributed by atoms with Crippen molar-refractivity contribution in [3.63, 3.8) is 0 Å². The van der Waals surface area contributed by atoms with E-state index in [1.165, 1.54) is 12.1 Å². The van der Waals surface area contributed by atoms with E-state index in [0.29, 0.717) is 17.9 Å². The molecule has 0 aliphatic carbocycles. The summed E-state index contributed by atoms with van der Waals surface area (Å²) in [5.74, 6) is 0. The van der Waals surface area contributed by atoms with Crippen molar-refractivity contribution in [1.82, 2.24) is 0 Å². The maximum Gasteiger partial charge on any atom is 0.186 e. The molecule has 0 amide bonds. The van der Waals surface area contributed by atoms with Gasteiger partial charge >= 0.3 is 0 Å². The number of furan rings is 3. The van der Waals surface area contributed by atoms with Crippen LogP contribution >= 0.6 is 63.7 Å². The maximum atomic E-state index is 9.03. The third-order valence-corrected chi connectivity index (χ3v) is 6.74. The molecule has 0 spiro atoms. The maximum absolute atomic E-state index is 9.03. The monoisotopic (exact) mass is 638 g/mol. The summed E-state index contributed by atoms with van der Waals surface area (Å²) in [5, 5.41) is 36.1.